The van der Waals surface area contributed by atoms with Gasteiger partial charge in [0.25, 0.3) is 0 Å². The van der Waals surface area contributed by atoms with Crippen LogP contribution in [0.4, 0.5) is 0 Å². The van der Waals surface area contributed by atoms with E-state index in [9.17, 15) is 4.79 Å². The average molecular weight is 530 g/mol. The summed E-state index contributed by atoms with van der Waals surface area (Å²) in [6.07, 6.45) is 12.5. The monoisotopic (exact) mass is 530 g/mol. The largest absolute Gasteiger partial charge is 0.377 e. The summed E-state index contributed by atoms with van der Waals surface area (Å²) in [5, 5.41) is 7.52. The van der Waals surface area contributed by atoms with E-state index in [1.165, 1.54) is 44.9 Å². The maximum Gasteiger partial charge on any atom is 0.225 e. The number of nitrogens with one attached hydrogen (secondary N) is 2. The van der Waals surface area contributed by atoms with Gasteiger partial charge in [-0.25, -0.2) is 0 Å². The number of hydrogen-bond donors (Lipinski definition) is 2. The minimum absolute atomic E-state index is 0. The Balaban J connectivity index is 0.00000218. The third-order valence-electron chi connectivity index (χ3n) is 8.44. The lowest BCUT2D eigenvalue weighted by molar-refractivity contribution is -0.134. The Morgan fingerprint density at radius 3 is 2.60 bits per heavy atom. The number of ether oxygens (including phenoxy) is 1. The summed E-state index contributed by atoms with van der Waals surface area (Å²) in [5.41, 5.74) is 0.331. The molecule has 3 aliphatic carbocycles. The number of nitrogens with zero attached hydrogens (tertiary/aromatic N) is 2. The minimum Gasteiger partial charge on any atom is -0.377 e. The van der Waals surface area contributed by atoms with Gasteiger partial charge in [0.05, 0.1) is 6.10 Å². The van der Waals surface area contributed by atoms with Crippen molar-refractivity contribution in [3.8, 4) is 0 Å². The van der Waals surface area contributed by atoms with Crippen LogP contribution in [-0.4, -0.2) is 61.2 Å². The summed E-state index contributed by atoms with van der Waals surface area (Å²) >= 11 is 0. The van der Waals surface area contributed by atoms with E-state index in [1.54, 1.807) is 0 Å². The molecule has 0 radical (unpaired) electrons. The van der Waals surface area contributed by atoms with E-state index in [1.807, 2.05) is 0 Å². The molecule has 30 heavy (non-hydrogen) atoms. The molecule has 4 unspecified atom stereocenters. The lowest BCUT2D eigenvalue weighted by Gasteiger charge is -2.57. The first-order valence-electron chi connectivity index (χ1n) is 12.2. The summed E-state index contributed by atoms with van der Waals surface area (Å²) in [4.78, 5) is 19.6. The topological polar surface area (TPSA) is 66.0 Å². The van der Waals surface area contributed by atoms with Crippen molar-refractivity contribution >= 4 is 35.8 Å². The lowest BCUT2D eigenvalue weighted by atomic mass is 9.54. The second kappa shape index (κ2) is 9.51. The molecule has 0 bridgehead atoms. The Morgan fingerprint density at radius 1 is 1.10 bits per heavy atom. The Hall–Kier alpha value is -0.570. The van der Waals surface area contributed by atoms with Gasteiger partial charge in [0, 0.05) is 55.6 Å². The van der Waals surface area contributed by atoms with Crippen molar-refractivity contribution in [1.29, 1.82) is 0 Å². The Bertz CT molecular complexity index is 645. The molecule has 5 fully saturated rings. The van der Waals surface area contributed by atoms with Gasteiger partial charge in [0.15, 0.2) is 5.96 Å². The van der Waals surface area contributed by atoms with E-state index in [-0.39, 0.29) is 29.9 Å². The van der Waals surface area contributed by atoms with Gasteiger partial charge in [0.2, 0.25) is 5.91 Å². The number of hydrogen-bond acceptors (Lipinski definition) is 3. The number of likely N-dealkylation sites (tertiary alicyclic amines) is 1. The first-order chi connectivity index (χ1) is 14.2. The predicted octanol–water partition coefficient (Wildman–Crippen LogP) is 3.30. The van der Waals surface area contributed by atoms with Crippen LogP contribution >= 0.6 is 24.0 Å². The minimum atomic E-state index is 0. The third-order valence-corrected chi connectivity index (χ3v) is 8.44. The molecule has 0 aromatic heterocycles. The maximum absolute atomic E-state index is 12.8. The quantitative estimate of drug-likeness (QED) is 0.333. The summed E-state index contributed by atoms with van der Waals surface area (Å²) in [6, 6.07) is 0.807. The SMILES string of the molecule is CCN=C(NC1CCN(C(=O)C2CCCC2)C1)NC1C2CCOC2C12CCCC2.I. The molecule has 3 saturated carbocycles. The standard InChI is InChI=1S/C23H38N4O2.HI/c1-2-24-22(25-17-9-13-27(15-17)21(28)16-7-3-4-8-16)26-19-18-10-14-29-20(18)23(19)11-5-6-12-23;/h16-20H,2-15H2,1H3,(H2,24,25,26);1H. The van der Waals surface area contributed by atoms with Gasteiger partial charge in [-0.3, -0.25) is 9.79 Å². The van der Waals surface area contributed by atoms with Crippen LogP contribution in [0, 0.1) is 17.3 Å². The number of fused-ring (bicyclic) bond motifs is 2. The van der Waals surface area contributed by atoms with Gasteiger partial charge in [-0.15, -0.1) is 24.0 Å². The number of guanidine groups is 1. The Labute approximate surface area is 198 Å². The van der Waals surface area contributed by atoms with Gasteiger partial charge in [0.1, 0.15) is 0 Å². The first kappa shape index (κ1) is 22.6. The second-order valence-corrected chi connectivity index (χ2v) is 10.0. The van der Waals surface area contributed by atoms with Crippen LogP contribution < -0.4 is 10.6 Å². The molecule has 0 aromatic carbocycles. The van der Waals surface area contributed by atoms with E-state index in [4.69, 9.17) is 9.73 Å². The van der Waals surface area contributed by atoms with Crippen molar-refractivity contribution in [3.05, 3.63) is 0 Å². The van der Waals surface area contributed by atoms with E-state index in [2.05, 4.69) is 22.5 Å². The fraction of sp³-hybridized carbons (Fsp3) is 0.913. The summed E-state index contributed by atoms with van der Waals surface area (Å²) in [5.74, 6) is 2.27. The first-order valence-corrected chi connectivity index (χ1v) is 12.2. The van der Waals surface area contributed by atoms with Gasteiger partial charge in [-0.1, -0.05) is 25.7 Å². The van der Waals surface area contributed by atoms with Crippen LogP contribution in [0.5, 0.6) is 0 Å². The number of rotatable bonds is 4. The number of amides is 1. The molecule has 2 heterocycles. The molecule has 6 nitrogen and oxygen atoms in total. The van der Waals surface area contributed by atoms with Crippen LogP contribution in [0.2, 0.25) is 0 Å². The van der Waals surface area contributed by atoms with Crippen LogP contribution in [0.25, 0.3) is 0 Å². The fourth-order valence-corrected chi connectivity index (χ4v) is 7.05. The van der Waals surface area contributed by atoms with Crippen molar-refractivity contribution in [2.24, 2.45) is 22.2 Å². The predicted molar refractivity (Wildman–Crippen MR) is 129 cm³/mol. The van der Waals surface area contributed by atoms with E-state index >= 15 is 0 Å². The Kier molecular flexibility index (Phi) is 7.17. The molecular formula is C23H39IN4O2. The van der Waals surface area contributed by atoms with Crippen LogP contribution in [-0.2, 0) is 9.53 Å². The molecule has 2 aliphatic heterocycles. The molecule has 2 saturated heterocycles. The fourth-order valence-electron chi connectivity index (χ4n) is 7.05. The number of carbonyl (C=O) groups is 1. The molecule has 4 atom stereocenters. The van der Waals surface area contributed by atoms with Gasteiger partial charge < -0.3 is 20.3 Å². The summed E-state index contributed by atoms with van der Waals surface area (Å²) < 4.78 is 6.14. The van der Waals surface area contributed by atoms with Gasteiger partial charge in [-0.05, 0) is 45.4 Å². The van der Waals surface area contributed by atoms with E-state index in [0.29, 0.717) is 35.4 Å². The lowest BCUT2D eigenvalue weighted by Crippen LogP contribution is -2.69. The molecule has 7 heteroatoms. The highest BCUT2D eigenvalue weighted by atomic mass is 127. The Morgan fingerprint density at radius 2 is 1.87 bits per heavy atom. The molecule has 1 amide bonds. The number of carbonyl (C=O) groups excluding carboxylic acids is 1. The summed E-state index contributed by atoms with van der Waals surface area (Å²) in [7, 11) is 0. The third kappa shape index (κ3) is 3.97. The van der Waals surface area contributed by atoms with Crippen LogP contribution in [0.3, 0.4) is 0 Å². The number of halogens is 1. The summed E-state index contributed by atoms with van der Waals surface area (Å²) in [6.45, 7) is 5.51. The van der Waals surface area contributed by atoms with Crippen molar-refractivity contribution in [3.63, 3.8) is 0 Å². The maximum atomic E-state index is 12.8. The van der Waals surface area contributed by atoms with Crippen molar-refractivity contribution in [2.75, 3.05) is 26.2 Å². The van der Waals surface area contributed by atoms with E-state index in [0.717, 1.165) is 51.5 Å². The van der Waals surface area contributed by atoms with Crippen molar-refractivity contribution in [1.82, 2.24) is 15.5 Å². The zero-order chi connectivity index (χ0) is 19.8. The highest BCUT2D eigenvalue weighted by molar-refractivity contribution is 14.0. The molecule has 5 rings (SSSR count). The van der Waals surface area contributed by atoms with E-state index < -0.39 is 0 Å². The smallest absolute Gasteiger partial charge is 0.225 e. The van der Waals surface area contributed by atoms with Crippen molar-refractivity contribution in [2.45, 2.75) is 89.3 Å². The molecular weight excluding hydrogens is 491 g/mol. The van der Waals surface area contributed by atoms with Gasteiger partial charge in [-0.2, -0.15) is 0 Å². The zero-order valence-corrected chi connectivity index (χ0v) is 20.7. The second-order valence-electron chi connectivity index (χ2n) is 10.0. The molecule has 2 N–H and O–H groups in total. The molecule has 0 aromatic rings. The normalized spacial score (nSPS) is 35.2. The zero-order valence-electron chi connectivity index (χ0n) is 18.4. The highest BCUT2D eigenvalue weighted by Gasteiger charge is 2.65. The molecule has 1 spiro atoms. The van der Waals surface area contributed by atoms with Crippen LogP contribution in [0.15, 0.2) is 4.99 Å². The molecule has 5 aliphatic rings. The number of aliphatic imine (C=N–C) groups is 1. The molecule has 170 valence electrons. The highest BCUT2D eigenvalue weighted by Crippen LogP contribution is 2.60. The van der Waals surface area contributed by atoms with Crippen LogP contribution in [0.1, 0.15) is 71.1 Å². The average Bonchev–Trinajstić information content (AvgIpc) is 3.52. The van der Waals surface area contributed by atoms with Crippen molar-refractivity contribution < 1.29 is 9.53 Å². The van der Waals surface area contributed by atoms with Gasteiger partial charge >= 0.3 is 0 Å².